The molecule has 1 atom stereocenters. The SMILES string of the molecule is COc1ccc(NS(=O)(=O)c2ccccc2)c(C(Nc2ccc(C(=N)N)cc2)C(=O)N(CC(=O)O)Cc2ccccc2)c1. The molecule has 43 heavy (non-hydrogen) atoms. The third-order valence-corrected chi connectivity index (χ3v) is 7.86. The van der Waals surface area contributed by atoms with Gasteiger partial charge in [0.15, 0.2) is 0 Å². The molecule has 1 amide bonds. The number of anilines is 2. The van der Waals surface area contributed by atoms with Gasteiger partial charge in [0.25, 0.3) is 15.9 Å². The number of nitrogens with two attached hydrogens (primary N) is 1. The third kappa shape index (κ3) is 7.89. The van der Waals surface area contributed by atoms with E-state index < -0.39 is 34.5 Å². The molecule has 0 aromatic heterocycles. The van der Waals surface area contributed by atoms with Crippen LogP contribution in [0.3, 0.4) is 0 Å². The average Bonchev–Trinajstić information content (AvgIpc) is 3.00. The van der Waals surface area contributed by atoms with E-state index in [9.17, 15) is 23.1 Å². The highest BCUT2D eigenvalue weighted by molar-refractivity contribution is 7.92. The number of sulfonamides is 1. The largest absolute Gasteiger partial charge is 0.497 e. The molecule has 0 aliphatic carbocycles. The molecular weight excluding hydrogens is 570 g/mol. The zero-order valence-corrected chi connectivity index (χ0v) is 24.0. The number of carboxylic acid groups (broad SMARTS) is 1. The lowest BCUT2D eigenvalue weighted by atomic mass is 10.0. The molecule has 4 rings (SSSR count). The van der Waals surface area contributed by atoms with Gasteiger partial charge in [-0.05, 0) is 60.2 Å². The number of nitrogens with zero attached hydrogens (tertiary/aromatic N) is 1. The summed E-state index contributed by atoms with van der Waals surface area (Å²) < 4.78 is 34.6. The number of nitrogen functional groups attached to an aromatic ring is 1. The van der Waals surface area contributed by atoms with E-state index in [1.54, 1.807) is 72.8 Å². The van der Waals surface area contributed by atoms with Crippen molar-refractivity contribution in [1.82, 2.24) is 4.90 Å². The zero-order chi connectivity index (χ0) is 31.0. The molecular formula is C31H31N5O6S. The number of carboxylic acids is 1. The van der Waals surface area contributed by atoms with Crippen molar-refractivity contribution in [2.24, 2.45) is 5.73 Å². The van der Waals surface area contributed by atoms with E-state index in [-0.39, 0.29) is 28.5 Å². The number of nitrogens with one attached hydrogen (secondary N) is 3. The fraction of sp³-hybridized carbons (Fsp3) is 0.129. The van der Waals surface area contributed by atoms with Crippen LogP contribution in [0.2, 0.25) is 0 Å². The van der Waals surface area contributed by atoms with Gasteiger partial charge in [0.05, 0.1) is 17.7 Å². The first-order valence-electron chi connectivity index (χ1n) is 13.1. The molecule has 222 valence electrons. The number of amidine groups is 1. The van der Waals surface area contributed by atoms with E-state index in [0.29, 0.717) is 22.6 Å². The maximum Gasteiger partial charge on any atom is 0.323 e. The molecule has 4 aromatic rings. The summed E-state index contributed by atoms with van der Waals surface area (Å²) in [6.45, 7) is -0.618. The van der Waals surface area contributed by atoms with Gasteiger partial charge in [0, 0.05) is 23.4 Å². The number of carbonyl (C=O) groups is 2. The molecule has 0 radical (unpaired) electrons. The van der Waals surface area contributed by atoms with Crippen LogP contribution in [0.15, 0.2) is 108 Å². The Morgan fingerprint density at radius 3 is 2.16 bits per heavy atom. The Morgan fingerprint density at radius 1 is 0.953 bits per heavy atom. The molecule has 6 N–H and O–H groups in total. The van der Waals surface area contributed by atoms with Crippen LogP contribution in [-0.2, 0) is 26.2 Å². The molecule has 1 unspecified atom stereocenters. The Morgan fingerprint density at radius 2 is 1.58 bits per heavy atom. The summed E-state index contributed by atoms with van der Waals surface area (Å²) in [5.41, 5.74) is 7.48. The predicted octanol–water partition coefficient (Wildman–Crippen LogP) is 4.05. The average molecular weight is 602 g/mol. The standard InChI is InChI=1S/C31H31N5O6S/c1-42-24-16-17-27(35-43(40,41)25-10-6-3-7-11-25)26(18-24)29(34-23-14-12-22(13-15-23)30(32)33)31(39)36(20-28(37)38)19-21-8-4-2-5-9-21/h2-18,29,34-35H,19-20H2,1H3,(H3,32,33)(H,37,38). The first kappa shape index (κ1) is 30.6. The van der Waals surface area contributed by atoms with Gasteiger partial charge in [0.1, 0.15) is 24.2 Å². The van der Waals surface area contributed by atoms with Crippen LogP contribution in [0, 0.1) is 5.41 Å². The number of rotatable bonds is 13. The van der Waals surface area contributed by atoms with Crippen molar-refractivity contribution in [3.05, 3.63) is 120 Å². The highest BCUT2D eigenvalue weighted by Gasteiger charge is 2.31. The predicted molar refractivity (Wildman–Crippen MR) is 164 cm³/mol. The molecule has 0 bridgehead atoms. The van der Waals surface area contributed by atoms with E-state index in [2.05, 4.69) is 10.0 Å². The third-order valence-electron chi connectivity index (χ3n) is 6.48. The van der Waals surface area contributed by atoms with Crippen molar-refractivity contribution in [1.29, 1.82) is 5.41 Å². The quantitative estimate of drug-likeness (QED) is 0.113. The van der Waals surface area contributed by atoms with Crippen LogP contribution in [0.25, 0.3) is 0 Å². The molecule has 0 fully saturated rings. The second kappa shape index (κ2) is 13.5. The number of benzene rings is 4. The van der Waals surface area contributed by atoms with Crippen LogP contribution in [0.5, 0.6) is 5.75 Å². The number of hydrogen-bond acceptors (Lipinski definition) is 7. The Labute approximate surface area is 249 Å². The van der Waals surface area contributed by atoms with Crippen molar-refractivity contribution in [2.75, 3.05) is 23.7 Å². The second-order valence-corrected chi connectivity index (χ2v) is 11.2. The summed E-state index contributed by atoms with van der Waals surface area (Å²) >= 11 is 0. The van der Waals surface area contributed by atoms with Crippen molar-refractivity contribution in [2.45, 2.75) is 17.5 Å². The Balaban J connectivity index is 1.83. The summed E-state index contributed by atoms with van der Waals surface area (Å²) in [5.74, 6) is -1.64. The van der Waals surface area contributed by atoms with Crippen LogP contribution in [0.1, 0.15) is 22.7 Å². The topological polar surface area (TPSA) is 175 Å². The van der Waals surface area contributed by atoms with Gasteiger partial charge in [-0.1, -0.05) is 48.5 Å². The van der Waals surface area contributed by atoms with Crippen LogP contribution >= 0.6 is 0 Å². The molecule has 11 nitrogen and oxygen atoms in total. The van der Waals surface area contributed by atoms with E-state index in [1.165, 1.54) is 36.3 Å². The van der Waals surface area contributed by atoms with Crippen LogP contribution in [-0.4, -0.2) is 49.8 Å². The second-order valence-electron chi connectivity index (χ2n) is 9.51. The summed E-state index contributed by atoms with van der Waals surface area (Å²) in [5, 5.41) is 20.5. The molecule has 4 aromatic carbocycles. The molecule has 0 aliphatic heterocycles. The lowest BCUT2D eigenvalue weighted by Gasteiger charge is -2.29. The van der Waals surface area contributed by atoms with Gasteiger partial charge in [-0.3, -0.25) is 19.7 Å². The lowest BCUT2D eigenvalue weighted by Crippen LogP contribution is -2.41. The Hall–Kier alpha value is -5.36. The summed E-state index contributed by atoms with van der Waals surface area (Å²) in [4.78, 5) is 27.3. The fourth-order valence-corrected chi connectivity index (χ4v) is 5.46. The van der Waals surface area contributed by atoms with E-state index in [0.717, 1.165) is 0 Å². The number of carbonyl (C=O) groups excluding carboxylic acids is 1. The van der Waals surface area contributed by atoms with Gasteiger partial charge in [-0.2, -0.15) is 0 Å². The number of hydrogen-bond donors (Lipinski definition) is 5. The van der Waals surface area contributed by atoms with Crippen molar-refractivity contribution in [3.63, 3.8) is 0 Å². The van der Waals surface area contributed by atoms with Gasteiger partial charge < -0.3 is 25.8 Å². The maximum atomic E-state index is 14.3. The monoisotopic (exact) mass is 601 g/mol. The van der Waals surface area contributed by atoms with Crippen LogP contribution in [0.4, 0.5) is 11.4 Å². The summed E-state index contributed by atoms with van der Waals surface area (Å²) in [6, 6.07) is 26.4. The summed E-state index contributed by atoms with van der Waals surface area (Å²) in [7, 11) is -2.63. The summed E-state index contributed by atoms with van der Waals surface area (Å²) in [6.07, 6.45) is 0. The number of aliphatic carboxylic acids is 1. The smallest absolute Gasteiger partial charge is 0.323 e. The van der Waals surface area contributed by atoms with Gasteiger partial charge in [0.2, 0.25) is 0 Å². The number of methoxy groups -OCH3 is 1. The molecule has 12 heteroatoms. The molecule has 0 spiro atoms. The molecule has 0 aliphatic rings. The normalized spacial score (nSPS) is 11.7. The fourth-order valence-electron chi connectivity index (χ4n) is 4.35. The van der Waals surface area contributed by atoms with Crippen LogP contribution < -0.4 is 20.5 Å². The number of ether oxygens (including phenoxy) is 1. The van der Waals surface area contributed by atoms with E-state index >= 15 is 0 Å². The zero-order valence-electron chi connectivity index (χ0n) is 23.2. The highest BCUT2D eigenvalue weighted by atomic mass is 32.2. The maximum absolute atomic E-state index is 14.3. The molecule has 0 saturated carbocycles. The minimum absolute atomic E-state index is 0.0114. The minimum Gasteiger partial charge on any atom is -0.497 e. The van der Waals surface area contributed by atoms with Crippen molar-refractivity contribution < 1.29 is 27.9 Å². The Bertz CT molecular complexity index is 1700. The van der Waals surface area contributed by atoms with Gasteiger partial charge in [-0.25, -0.2) is 8.42 Å². The lowest BCUT2D eigenvalue weighted by molar-refractivity contribution is -0.145. The first-order chi connectivity index (χ1) is 20.6. The first-order valence-corrected chi connectivity index (χ1v) is 14.6. The van der Waals surface area contributed by atoms with Crippen molar-refractivity contribution in [3.8, 4) is 5.75 Å². The van der Waals surface area contributed by atoms with E-state index in [1.807, 2.05) is 6.07 Å². The molecule has 0 saturated heterocycles. The highest BCUT2D eigenvalue weighted by Crippen LogP contribution is 2.33. The minimum atomic E-state index is -4.07. The van der Waals surface area contributed by atoms with Gasteiger partial charge in [-0.15, -0.1) is 0 Å². The number of amides is 1. The van der Waals surface area contributed by atoms with Gasteiger partial charge >= 0.3 is 5.97 Å². The van der Waals surface area contributed by atoms with E-state index in [4.69, 9.17) is 15.9 Å². The Kier molecular flexibility index (Phi) is 9.63. The molecule has 0 heterocycles. The van der Waals surface area contributed by atoms with Crippen molar-refractivity contribution >= 4 is 39.1 Å².